The summed E-state index contributed by atoms with van der Waals surface area (Å²) in [5, 5.41) is 12.3. The summed E-state index contributed by atoms with van der Waals surface area (Å²) >= 11 is 0. The van der Waals surface area contributed by atoms with E-state index >= 15 is 0 Å². The number of hydrogen-bond donors (Lipinski definition) is 2. The normalized spacial score (nSPS) is 10.5. The summed E-state index contributed by atoms with van der Waals surface area (Å²) in [5.74, 6) is 0.874. The fourth-order valence-corrected chi connectivity index (χ4v) is 1.85. The van der Waals surface area contributed by atoms with Crippen LogP contribution in [0, 0.1) is 5.92 Å². The monoisotopic (exact) mass is 301 g/mol. The minimum atomic E-state index is -1.05. The van der Waals surface area contributed by atoms with E-state index in [4.69, 9.17) is 4.74 Å². The molecule has 0 aliphatic rings. The minimum Gasteiger partial charge on any atom is -0.497 e. The molecular weight excluding hydrogens is 282 g/mol. The number of anilines is 1. The van der Waals surface area contributed by atoms with Gasteiger partial charge >= 0.3 is 5.97 Å². The van der Waals surface area contributed by atoms with Gasteiger partial charge in [0.25, 0.3) is 0 Å². The number of benzene rings is 1. The number of nitrogens with zero attached hydrogens (tertiary/aromatic N) is 2. The zero-order valence-corrected chi connectivity index (χ0v) is 12.8. The predicted molar refractivity (Wildman–Crippen MR) is 84.3 cm³/mol. The molecule has 2 aromatic rings. The molecule has 0 spiro atoms. The van der Waals surface area contributed by atoms with Crippen molar-refractivity contribution in [3.63, 3.8) is 0 Å². The molecule has 1 heterocycles. The Kier molecular flexibility index (Phi) is 4.93. The van der Waals surface area contributed by atoms with Crippen molar-refractivity contribution < 1.29 is 14.6 Å². The first-order valence-electron chi connectivity index (χ1n) is 7.00. The standard InChI is InChI=1S/C16H19N3O3/c1-10(2)8-17-15-13(16(20)21)9-18-14(19-15)11-4-6-12(22-3)7-5-11/h4-7,9-10H,8H2,1-3H3,(H,20,21)(H,17,18,19). The SMILES string of the molecule is COc1ccc(-c2ncc(C(=O)O)c(NCC(C)C)n2)cc1. The lowest BCUT2D eigenvalue weighted by Crippen LogP contribution is -2.14. The Morgan fingerprint density at radius 3 is 2.55 bits per heavy atom. The van der Waals surface area contributed by atoms with Crippen LogP contribution in [0.15, 0.2) is 30.5 Å². The molecule has 116 valence electrons. The topological polar surface area (TPSA) is 84.3 Å². The smallest absolute Gasteiger partial charge is 0.341 e. The maximum atomic E-state index is 11.3. The van der Waals surface area contributed by atoms with Crippen LogP contribution >= 0.6 is 0 Å². The molecule has 0 saturated carbocycles. The van der Waals surface area contributed by atoms with Crippen molar-refractivity contribution in [1.82, 2.24) is 9.97 Å². The first-order valence-corrected chi connectivity index (χ1v) is 7.00. The summed E-state index contributed by atoms with van der Waals surface area (Å²) in [6.45, 7) is 4.72. The van der Waals surface area contributed by atoms with Crippen LogP contribution in [0.1, 0.15) is 24.2 Å². The van der Waals surface area contributed by atoms with Crippen LogP contribution in [0.5, 0.6) is 5.75 Å². The summed E-state index contributed by atoms with van der Waals surface area (Å²) in [6, 6.07) is 7.29. The zero-order valence-electron chi connectivity index (χ0n) is 12.8. The van der Waals surface area contributed by atoms with E-state index in [1.54, 1.807) is 7.11 Å². The Bertz CT molecular complexity index is 654. The number of ether oxygens (including phenoxy) is 1. The molecule has 2 rings (SSSR count). The van der Waals surface area contributed by atoms with Crippen LogP contribution in [-0.2, 0) is 0 Å². The van der Waals surface area contributed by atoms with E-state index in [-0.39, 0.29) is 5.56 Å². The number of nitrogens with one attached hydrogen (secondary N) is 1. The van der Waals surface area contributed by atoms with Gasteiger partial charge in [0.05, 0.1) is 7.11 Å². The molecule has 6 heteroatoms. The first kappa shape index (κ1) is 15.8. The number of hydrogen-bond acceptors (Lipinski definition) is 5. The third-order valence-electron chi connectivity index (χ3n) is 3.05. The van der Waals surface area contributed by atoms with Crippen molar-refractivity contribution in [3.05, 3.63) is 36.0 Å². The highest BCUT2D eigenvalue weighted by Gasteiger charge is 2.14. The van der Waals surface area contributed by atoms with Gasteiger partial charge in [-0.2, -0.15) is 0 Å². The van der Waals surface area contributed by atoms with Gasteiger partial charge in [0.2, 0.25) is 0 Å². The largest absolute Gasteiger partial charge is 0.497 e. The molecule has 2 N–H and O–H groups in total. The molecule has 6 nitrogen and oxygen atoms in total. The highest BCUT2D eigenvalue weighted by molar-refractivity contribution is 5.93. The van der Waals surface area contributed by atoms with Gasteiger partial charge in [-0.3, -0.25) is 0 Å². The molecule has 1 aromatic carbocycles. The predicted octanol–water partition coefficient (Wildman–Crippen LogP) is 2.92. The van der Waals surface area contributed by atoms with Crippen molar-refractivity contribution in [2.24, 2.45) is 5.92 Å². The first-order chi connectivity index (χ1) is 10.5. The second-order valence-electron chi connectivity index (χ2n) is 5.26. The van der Waals surface area contributed by atoms with Crippen molar-refractivity contribution >= 4 is 11.8 Å². The second-order valence-corrected chi connectivity index (χ2v) is 5.26. The molecule has 0 amide bonds. The van der Waals surface area contributed by atoms with E-state index in [1.165, 1.54) is 6.20 Å². The molecule has 0 atom stereocenters. The van der Waals surface area contributed by atoms with Gasteiger partial charge in [0.1, 0.15) is 17.1 Å². The van der Waals surface area contributed by atoms with Crippen LogP contribution in [0.3, 0.4) is 0 Å². The lowest BCUT2D eigenvalue weighted by molar-refractivity contribution is 0.0697. The fourth-order valence-electron chi connectivity index (χ4n) is 1.85. The average molecular weight is 301 g/mol. The van der Waals surface area contributed by atoms with E-state index < -0.39 is 5.97 Å². The van der Waals surface area contributed by atoms with E-state index in [2.05, 4.69) is 15.3 Å². The Morgan fingerprint density at radius 2 is 2.00 bits per heavy atom. The number of carboxylic acids is 1. The summed E-state index contributed by atoms with van der Waals surface area (Å²) < 4.78 is 5.11. The molecule has 0 fully saturated rings. The third-order valence-corrected chi connectivity index (χ3v) is 3.05. The molecule has 0 bridgehead atoms. The van der Waals surface area contributed by atoms with Crippen LogP contribution < -0.4 is 10.1 Å². The Labute approximate surface area is 129 Å². The Balaban J connectivity index is 2.35. The van der Waals surface area contributed by atoms with Gasteiger partial charge in [0, 0.05) is 18.3 Å². The van der Waals surface area contributed by atoms with Crippen molar-refractivity contribution in [1.29, 1.82) is 0 Å². The number of methoxy groups -OCH3 is 1. The molecule has 0 unspecified atom stereocenters. The second kappa shape index (κ2) is 6.89. The Hall–Kier alpha value is -2.63. The number of aromatic nitrogens is 2. The van der Waals surface area contributed by atoms with Crippen LogP contribution in [0.2, 0.25) is 0 Å². The van der Waals surface area contributed by atoms with Crippen molar-refractivity contribution in [3.8, 4) is 17.1 Å². The summed E-state index contributed by atoms with van der Waals surface area (Å²) in [6.07, 6.45) is 1.33. The van der Waals surface area contributed by atoms with Gasteiger partial charge in [-0.05, 0) is 30.2 Å². The number of carboxylic acid groups (broad SMARTS) is 1. The molecular formula is C16H19N3O3. The van der Waals surface area contributed by atoms with E-state index in [1.807, 2.05) is 38.1 Å². The van der Waals surface area contributed by atoms with Crippen molar-refractivity contribution in [2.75, 3.05) is 19.0 Å². The quantitative estimate of drug-likeness (QED) is 0.853. The molecule has 0 radical (unpaired) electrons. The van der Waals surface area contributed by atoms with E-state index in [9.17, 15) is 9.90 Å². The van der Waals surface area contributed by atoms with Gasteiger partial charge in [-0.25, -0.2) is 14.8 Å². The fraction of sp³-hybridized carbons (Fsp3) is 0.312. The van der Waals surface area contributed by atoms with Gasteiger partial charge in [-0.1, -0.05) is 13.8 Å². The maximum absolute atomic E-state index is 11.3. The highest BCUT2D eigenvalue weighted by atomic mass is 16.5. The van der Waals surface area contributed by atoms with Gasteiger partial charge < -0.3 is 15.2 Å². The lowest BCUT2D eigenvalue weighted by Gasteiger charge is -2.12. The Morgan fingerprint density at radius 1 is 1.32 bits per heavy atom. The van der Waals surface area contributed by atoms with Crippen LogP contribution in [0.25, 0.3) is 11.4 Å². The highest BCUT2D eigenvalue weighted by Crippen LogP contribution is 2.22. The minimum absolute atomic E-state index is 0.0675. The van der Waals surface area contributed by atoms with Gasteiger partial charge in [-0.15, -0.1) is 0 Å². The summed E-state index contributed by atoms with van der Waals surface area (Å²) in [5.41, 5.74) is 0.864. The number of carbonyl (C=O) groups is 1. The number of rotatable bonds is 6. The third kappa shape index (κ3) is 3.72. The van der Waals surface area contributed by atoms with Crippen LogP contribution in [-0.4, -0.2) is 34.7 Å². The molecule has 0 aliphatic carbocycles. The molecule has 22 heavy (non-hydrogen) atoms. The summed E-state index contributed by atoms with van der Waals surface area (Å²) in [4.78, 5) is 19.7. The zero-order chi connectivity index (χ0) is 16.1. The molecule has 0 saturated heterocycles. The molecule has 0 aliphatic heterocycles. The van der Waals surface area contributed by atoms with Gasteiger partial charge in [0.15, 0.2) is 5.82 Å². The molecule has 1 aromatic heterocycles. The lowest BCUT2D eigenvalue weighted by atomic mass is 10.2. The summed E-state index contributed by atoms with van der Waals surface area (Å²) in [7, 11) is 1.60. The van der Waals surface area contributed by atoms with Crippen molar-refractivity contribution in [2.45, 2.75) is 13.8 Å². The van der Waals surface area contributed by atoms with Crippen LogP contribution in [0.4, 0.5) is 5.82 Å². The maximum Gasteiger partial charge on any atom is 0.341 e. The van der Waals surface area contributed by atoms with E-state index in [0.29, 0.717) is 24.1 Å². The number of aromatic carboxylic acids is 1. The average Bonchev–Trinajstić information content (AvgIpc) is 2.52. The van der Waals surface area contributed by atoms with E-state index in [0.717, 1.165) is 11.3 Å².